The Bertz CT molecular complexity index is 908. The molecule has 0 aliphatic heterocycles. The molecule has 0 saturated carbocycles. The van der Waals surface area contributed by atoms with E-state index in [0.717, 1.165) is 28.6 Å². The fraction of sp³-hybridized carbons (Fsp3) is 0.238. The minimum Gasteiger partial charge on any atom is -0.492 e. The third-order valence-electron chi connectivity index (χ3n) is 4.07. The third-order valence-corrected chi connectivity index (χ3v) is 4.07. The molecule has 2 N–H and O–H groups in total. The molecule has 0 saturated heterocycles. The summed E-state index contributed by atoms with van der Waals surface area (Å²) in [6, 6.07) is 16.0. The fourth-order valence-electron chi connectivity index (χ4n) is 2.63. The standard InChI is InChI=1S/C21H24N4O/c1-5-26-19-9-7-6-8-18(19)24-21-22-16(4)13-20(25-21)23-17-11-10-14(2)15(3)12-17/h6-13H,5H2,1-4H3,(H2,22,23,24,25). The molecule has 26 heavy (non-hydrogen) atoms. The van der Waals surface area contributed by atoms with Crippen molar-refractivity contribution in [1.82, 2.24) is 9.97 Å². The van der Waals surface area contributed by atoms with Gasteiger partial charge >= 0.3 is 0 Å². The van der Waals surface area contributed by atoms with Crippen molar-refractivity contribution >= 4 is 23.1 Å². The minimum atomic E-state index is 0.531. The number of para-hydroxylation sites is 2. The van der Waals surface area contributed by atoms with Crippen LogP contribution in [0, 0.1) is 20.8 Å². The van der Waals surface area contributed by atoms with Crippen LogP contribution >= 0.6 is 0 Å². The molecule has 2 aromatic carbocycles. The number of rotatable bonds is 6. The highest BCUT2D eigenvalue weighted by atomic mass is 16.5. The van der Waals surface area contributed by atoms with Crippen LogP contribution < -0.4 is 15.4 Å². The first-order valence-corrected chi connectivity index (χ1v) is 8.74. The Labute approximate surface area is 154 Å². The first-order chi connectivity index (χ1) is 12.5. The summed E-state index contributed by atoms with van der Waals surface area (Å²) >= 11 is 0. The molecule has 1 aromatic heterocycles. The second-order valence-electron chi connectivity index (χ2n) is 6.20. The van der Waals surface area contributed by atoms with Crippen molar-refractivity contribution in [2.75, 3.05) is 17.2 Å². The van der Waals surface area contributed by atoms with Gasteiger partial charge in [0, 0.05) is 17.4 Å². The van der Waals surface area contributed by atoms with Crippen LogP contribution in [-0.4, -0.2) is 16.6 Å². The lowest BCUT2D eigenvalue weighted by Gasteiger charge is -2.13. The summed E-state index contributed by atoms with van der Waals surface area (Å²) in [6.45, 7) is 8.72. The van der Waals surface area contributed by atoms with Crippen LogP contribution in [0.5, 0.6) is 5.75 Å². The van der Waals surface area contributed by atoms with Crippen LogP contribution in [0.25, 0.3) is 0 Å². The van der Waals surface area contributed by atoms with E-state index in [0.29, 0.717) is 12.6 Å². The van der Waals surface area contributed by atoms with Crippen molar-refractivity contribution in [3.05, 3.63) is 65.4 Å². The number of aromatic nitrogens is 2. The summed E-state index contributed by atoms with van der Waals surface area (Å²) in [4.78, 5) is 9.07. The average molecular weight is 348 g/mol. The zero-order valence-corrected chi connectivity index (χ0v) is 15.6. The van der Waals surface area contributed by atoms with Gasteiger partial charge in [0.1, 0.15) is 11.6 Å². The van der Waals surface area contributed by atoms with Crippen LogP contribution in [0.3, 0.4) is 0 Å². The van der Waals surface area contributed by atoms with E-state index in [1.54, 1.807) is 0 Å². The van der Waals surface area contributed by atoms with Crippen LogP contribution in [0.15, 0.2) is 48.5 Å². The number of aryl methyl sites for hydroxylation is 3. The van der Waals surface area contributed by atoms with Gasteiger partial charge < -0.3 is 15.4 Å². The highest BCUT2D eigenvalue weighted by Gasteiger charge is 2.07. The molecule has 1 heterocycles. The zero-order valence-electron chi connectivity index (χ0n) is 15.6. The Hall–Kier alpha value is -3.08. The van der Waals surface area contributed by atoms with Gasteiger partial charge in [-0.25, -0.2) is 4.98 Å². The van der Waals surface area contributed by atoms with E-state index in [4.69, 9.17) is 4.74 Å². The van der Waals surface area contributed by atoms with E-state index in [9.17, 15) is 0 Å². The highest BCUT2D eigenvalue weighted by Crippen LogP contribution is 2.27. The minimum absolute atomic E-state index is 0.531. The van der Waals surface area contributed by atoms with Crippen LogP contribution in [-0.2, 0) is 0 Å². The van der Waals surface area contributed by atoms with Crippen molar-refractivity contribution in [3.8, 4) is 5.75 Å². The molecule has 0 fully saturated rings. The van der Waals surface area contributed by atoms with Crippen molar-refractivity contribution in [2.24, 2.45) is 0 Å². The quantitative estimate of drug-likeness (QED) is 0.634. The highest BCUT2D eigenvalue weighted by molar-refractivity contribution is 5.64. The molecule has 0 amide bonds. The van der Waals surface area contributed by atoms with E-state index >= 15 is 0 Å². The van der Waals surface area contributed by atoms with Gasteiger partial charge in [-0.2, -0.15) is 4.98 Å². The van der Waals surface area contributed by atoms with Crippen LogP contribution in [0.4, 0.5) is 23.1 Å². The summed E-state index contributed by atoms with van der Waals surface area (Å²) in [6.07, 6.45) is 0. The molecule has 0 aliphatic rings. The fourth-order valence-corrected chi connectivity index (χ4v) is 2.63. The van der Waals surface area contributed by atoms with Gasteiger partial charge in [0.15, 0.2) is 0 Å². The number of nitrogens with one attached hydrogen (secondary N) is 2. The van der Waals surface area contributed by atoms with Gasteiger partial charge in [-0.1, -0.05) is 18.2 Å². The second-order valence-corrected chi connectivity index (χ2v) is 6.20. The lowest BCUT2D eigenvalue weighted by Crippen LogP contribution is -2.04. The number of anilines is 4. The average Bonchev–Trinajstić information content (AvgIpc) is 2.60. The molecule has 0 unspecified atom stereocenters. The van der Waals surface area contributed by atoms with E-state index in [1.165, 1.54) is 11.1 Å². The Morgan fingerprint density at radius 1 is 0.885 bits per heavy atom. The molecule has 3 rings (SSSR count). The maximum absolute atomic E-state index is 5.66. The van der Waals surface area contributed by atoms with Gasteiger partial charge in [-0.15, -0.1) is 0 Å². The predicted molar refractivity (Wildman–Crippen MR) is 107 cm³/mol. The molecular formula is C21H24N4O. The molecule has 3 aromatic rings. The first-order valence-electron chi connectivity index (χ1n) is 8.74. The van der Waals surface area contributed by atoms with Gasteiger partial charge in [0.05, 0.1) is 12.3 Å². The lowest BCUT2D eigenvalue weighted by atomic mass is 10.1. The van der Waals surface area contributed by atoms with Crippen LogP contribution in [0.1, 0.15) is 23.7 Å². The third kappa shape index (κ3) is 4.30. The van der Waals surface area contributed by atoms with Crippen LogP contribution in [0.2, 0.25) is 0 Å². The number of nitrogens with zero attached hydrogens (tertiary/aromatic N) is 2. The molecule has 0 aliphatic carbocycles. The lowest BCUT2D eigenvalue weighted by molar-refractivity contribution is 0.342. The first kappa shape index (κ1) is 17.7. The molecule has 0 spiro atoms. The summed E-state index contributed by atoms with van der Waals surface area (Å²) in [5, 5.41) is 6.61. The van der Waals surface area contributed by atoms with Crippen molar-refractivity contribution < 1.29 is 4.74 Å². The Balaban J connectivity index is 1.85. The summed E-state index contributed by atoms with van der Waals surface area (Å²) in [7, 11) is 0. The molecule has 0 bridgehead atoms. The summed E-state index contributed by atoms with van der Waals surface area (Å²) < 4.78 is 5.66. The number of ether oxygens (including phenoxy) is 1. The number of hydrogen-bond acceptors (Lipinski definition) is 5. The molecule has 0 atom stereocenters. The second kappa shape index (κ2) is 7.87. The number of hydrogen-bond donors (Lipinski definition) is 2. The maximum Gasteiger partial charge on any atom is 0.229 e. The van der Waals surface area contributed by atoms with E-state index in [2.05, 4.69) is 52.6 Å². The molecule has 5 heteroatoms. The largest absolute Gasteiger partial charge is 0.492 e. The SMILES string of the molecule is CCOc1ccccc1Nc1nc(C)cc(Nc2ccc(C)c(C)c2)n1. The Kier molecular flexibility index (Phi) is 5.37. The molecule has 0 radical (unpaired) electrons. The monoisotopic (exact) mass is 348 g/mol. The maximum atomic E-state index is 5.66. The van der Waals surface area contributed by atoms with Gasteiger partial charge in [0.25, 0.3) is 0 Å². The molecular weight excluding hydrogens is 324 g/mol. The predicted octanol–water partition coefficient (Wildman–Crippen LogP) is 5.29. The number of benzene rings is 2. The zero-order chi connectivity index (χ0) is 18.5. The van der Waals surface area contributed by atoms with Crippen molar-refractivity contribution in [1.29, 1.82) is 0 Å². The van der Waals surface area contributed by atoms with Crippen molar-refractivity contribution in [3.63, 3.8) is 0 Å². The van der Waals surface area contributed by atoms with Gasteiger partial charge in [-0.05, 0) is 63.1 Å². The Morgan fingerprint density at radius 2 is 1.69 bits per heavy atom. The normalized spacial score (nSPS) is 10.5. The van der Waals surface area contributed by atoms with E-state index in [1.807, 2.05) is 44.2 Å². The van der Waals surface area contributed by atoms with E-state index in [-0.39, 0.29) is 0 Å². The van der Waals surface area contributed by atoms with Gasteiger partial charge in [-0.3, -0.25) is 0 Å². The Morgan fingerprint density at radius 3 is 2.46 bits per heavy atom. The summed E-state index contributed by atoms with van der Waals surface area (Å²) in [5.41, 5.74) is 5.24. The smallest absolute Gasteiger partial charge is 0.229 e. The van der Waals surface area contributed by atoms with Gasteiger partial charge in [0.2, 0.25) is 5.95 Å². The van der Waals surface area contributed by atoms with E-state index < -0.39 is 0 Å². The molecule has 134 valence electrons. The summed E-state index contributed by atoms with van der Waals surface area (Å²) in [5.74, 6) is 2.06. The van der Waals surface area contributed by atoms with Crippen molar-refractivity contribution in [2.45, 2.75) is 27.7 Å². The molecule has 5 nitrogen and oxygen atoms in total. The topological polar surface area (TPSA) is 59.1 Å².